The molecular weight excluding hydrogens is 416 g/mol. The van der Waals surface area contributed by atoms with E-state index in [4.69, 9.17) is 4.74 Å². The molecule has 1 fully saturated rings. The van der Waals surface area contributed by atoms with Gasteiger partial charge in [-0.15, -0.1) is 0 Å². The van der Waals surface area contributed by atoms with E-state index >= 15 is 0 Å². The van der Waals surface area contributed by atoms with Crippen molar-refractivity contribution in [2.75, 3.05) is 24.7 Å². The lowest BCUT2D eigenvalue weighted by molar-refractivity contribution is -0.127. The summed E-state index contributed by atoms with van der Waals surface area (Å²) in [5.41, 5.74) is 3.64. The van der Waals surface area contributed by atoms with Crippen LogP contribution in [-0.4, -0.2) is 42.5 Å². The average molecular weight is 443 g/mol. The number of benzene rings is 3. The molecule has 6 heteroatoms. The third-order valence-electron chi connectivity index (χ3n) is 5.66. The molecule has 0 aliphatic carbocycles. The number of nitrogens with zero attached hydrogens (tertiary/aromatic N) is 2. The van der Waals surface area contributed by atoms with Crippen LogP contribution in [0.4, 0.5) is 5.69 Å². The van der Waals surface area contributed by atoms with Gasteiger partial charge in [0.05, 0.1) is 12.2 Å². The fourth-order valence-electron chi connectivity index (χ4n) is 3.87. The van der Waals surface area contributed by atoms with E-state index in [1.54, 1.807) is 53.1 Å². The molecule has 1 aliphatic heterocycles. The lowest BCUT2D eigenvalue weighted by Crippen LogP contribution is -2.42. The molecule has 1 heterocycles. The zero-order valence-corrected chi connectivity index (χ0v) is 18.6. The second-order valence-corrected chi connectivity index (χ2v) is 7.85. The highest BCUT2D eigenvalue weighted by molar-refractivity contribution is 6.06. The molecule has 6 nitrogen and oxygen atoms in total. The first-order valence-electron chi connectivity index (χ1n) is 11.1. The number of carbonyl (C=O) groups is 3. The minimum atomic E-state index is -0.409. The average Bonchev–Trinajstić information content (AvgIpc) is 3.27. The number of hydrogen-bond acceptors (Lipinski definition) is 4. The zero-order chi connectivity index (χ0) is 23.2. The van der Waals surface area contributed by atoms with Crippen LogP contribution in [0.2, 0.25) is 0 Å². The number of esters is 1. The lowest BCUT2D eigenvalue weighted by Gasteiger charge is -2.28. The van der Waals surface area contributed by atoms with E-state index in [1.165, 1.54) is 0 Å². The van der Waals surface area contributed by atoms with Crippen LogP contribution in [0.5, 0.6) is 0 Å². The van der Waals surface area contributed by atoms with Crippen LogP contribution in [0.25, 0.3) is 11.1 Å². The Hall–Kier alpha value is -3.93. The van der Waals surface area contributed by atoms with Crippen LogP contribution >= 0.6 is 0 Å². The molecule has 3 aromatic rings. The highest BCUT2D eigenvalue weighted by atomic mass is 16.5. The first kappa shape index (κ1) is 22.3. The molecule has 0 N–H and O–H groups in total. The standard InChI is InChI=1S/C27H26N2O4/c1-2-33-27(32)23-14-16-24(17-15-23)29(19-28-18-6-9-25(28)30)26(31)22-12-10-21(11-13-22)20-7-4-3-5-8-20/h3-5,7-8,10-17H,2,6,9,18-19H2,1H3. The Morgan fingerprint density at radius 2 is 1.52 bits per heavy atom. The van der Waals surface area contributed by atoms with E-state index in [9.17, 15) is 14.4 Å². The van der Waals surface area contributed by atoms with Gasteiger partial charge in [-0.1, -0.05) is 42.5 Å². The quantitative estimate of drug-likeness (QED) is 0.495. The third kappa shape index (κ3) is 5.12. The molecule has 0 unspecified atom stereocenters. The number of hydrogen-bond donors (Lipinski definition) is 0. The van der Waals surface area contributed by atoms with Gasteiger partial charge in [-0.2, -0.15) is 0 Å². The van der Waals surface area contributed by atoms with Gasteiger partial charge in [0.25, 0.3) is 5.91 Å². The summed E-state index contributed by atoms with van der Waals surface area (Å²) in [4.78, 5) is 41.0. The molecule has 0 spiro atoms. The molecule has 3 aromatic carbocycles. The van der Waals surface area contributed by atoms with Gasteiger partial charge >= 0.3 is 5.97 Å². The minimum absolute atomic E-state index is 0.0374. The summed E-state index contributed by atoms with van der Waals surface area (Å²) in [5, 5.41) is 0. The number of rotatable bonds is 7. The van der Waals surface area contributed by atoms with Crippen molar-refractivity contribution in [1.29, 1.82) is 0 Å². The van der Waals surface area contributed by atoms with Gasteiger partial charge in [-0.05, 0) is 60.9 Å². The molecule has 0 atom stereocenters. The molecular formula is C27H26N2O4. The van der Waals surface area contributed by atoms with Crippen molar-refractivity contribution in [3.8, 4) is 11.1 Å². The molecule has 1 saturated heterocycles. The fraction of sp³-hybridized carbons (Fsp3) is 0.222. The van der Waals surface area contributed by atoms with Gasteiger partial charge in [0, 0.05) is 24.2 Å². The molecule has 2 amide bonds. The van der Waals surface area contributed by atoms with Gasteiger partial charge < -0.3 is 9.64 Å². The van der Waals surface area contributed by atoms with Gasteiger partial charge in [-0.25, -0.2) is 4.79 Å². The summed E-state index contributed by atoms with van der Waals surface area (Å²) in [6.45, 7) is 2.83. The summed E-state index contributed by atoms with van der Waals surface area (Å²) >= 11 is 0. The highest BCUT2D eigenvalue weighted by Gasteiger charge is 2.26. The number of ether oxygens (including phenoxy) is 1. The van der Waals surface area contributed by atoms with Crippen LogP contribution < -0.4 is 4.90 Å². The maximum Gasteiger partial charge on any atom is 0.338 e. The van der Waals surface area contributed by atoms with Crippen LogP contribution in [0, 0.1) is 0 Å². The predicted octanol–water partition coefficient (Wildman–Crippen LogP) is 4.76. The second kappa shape index (κ2) is 10.1. The normalized spacial score (nSPS) is 13.1. The minimum Gasteiger partial charge on any atom is -0.462 e. The summed E-state index contributed by atoms with van der Waals surface area (Å²) in [7, 11) is 0. The van der Waals surface area contributed by atoms with E-state index < -0.39 is 5.97 Å². The van der Waals surface area contributed by atoms with Crippen LogP contribution in [-0.2, 0) is 9.53 Å². The second-order valence-electron chi connectivity index (χ2n) is 7.85. The van der Waals surface area contributed by atoms with E-state index in [1.807, 2.05) is 42.5 Å². The van der Waals surface area contributed by atoms with Gasteiger partial charge in [0.1, 0.15) is 6.67 Å². The Morgan fingerprint density at radius 3 is 2.12 bits per heavy atom. The molecule has 0 saturated carbocycles. The summed E-state index contributed by atoms with van der Waals surface area (Å²) in [5.74, 6) is -0.582. The molecule has 1 aliphatic rings. The summed E-state index contributed by atoms with van der Waals surface area (Å²) < 4.78 is 5.04. The van der Waals surface area contributed by atoms with Crippen molar-refractivity contribution in [2.24, 2.45) is 0 Å². The first-order chi connectivity index (χ1) is 16.1. The largest absolute Gasteiger partial charge is 0.462 e. The van der Waals surface area contributed by atoms with Crippen molar-refractivity contribution < 1.29 is 19.1 Å². The number of amides is 2. The Kier molecular flexibility index (Phi) is 6.83. The molecule has 0 bridgehead atoms. The molecule has 0 radical (unpaired) electrons. The first-order valence-corrected chi connectivity index (χ1v) is 11.1. The monoisotopic (exact) mass is 442 g/mol. The Balaban J connectivity index is 1.60. The van der Waals surface area contributed by atoms with Gasteiger partial charge in [-0.3, -0.25) is 14.5 Å². The smallest absolute Gasteiger partial charge is 0.338 e. The van der Waals surface area contributed by atoms with Gasteiger partial charge in [0.2, 0.25) is 5.91 Å². The van der Waals surface area contributed by atoms with E-state index in [2.05, 4.69) is 0 Å². The number of carbonyl (C=O) groups excluding carboxylic acids is 3. The predicted molar refractivity (Wildman–Crippen MR) is 127 cm³/mol. The molecule has 168 valence electrons. The summed E-state index contributed by atoms with van der Waals surface area (Å²) in [6, 6.07) is 24.1. The van der Waals surface area contributed by atoms with Crippen LogP contribution in [0.15, 0.2) is 78.9 Å². The third-order valence-corrected chi connectivity index (χ3v) is 5.66. The van der Waals surface area contributed by atoms with Crippen molar-refractivity contribution >= 4 is 23.5 Å². The molecule has 33 heavy (non-hydrogen) atoms. The fourth-order valence-corrected chi connectivity index (χ4v) is 3.87. The molecule has 4 rings (SSSR count). The van der Waals surface area contributed by atoms with Crippen LogP contribution in [0.3, 0.4) is 0 Å². The molecule has 0 aromatic heterocycles. The SMILES string of the molecule is CCOC(=O)c1ccc(N(CN2CCCC2=O)C(=O)c2ccc(-c3ccccc3)cc2)cc1. The topological polar surface area (TPSA) is 66.9 Å². The van der Waals surface area contributed by atoms with Gasteiger partial charge in [0.15, 0.2) is 0 Å². The number of anilines is 1. The van der Waals surface area contributed by atoms with E-state index in [0.29, 0.717) is 36.4 Å². The zero-order valence-electron chi connectivity index (χ0n) is 18.6. The van der Waals surface area contributed by atoms with Crippen molar-refractivity contribution in [3.05, 3.63) is 90.0 Å². The van der Waals surface area contributed by atoms with E-state index in [-0.39, 0.29) is 18.5 Å². The Morgan fingerprint density at radius 1 is 0.879 bits per heavy atom. The van der Waals surface area contributed by atoms with Crippen molar-refractivity contribution in [2.45, 2.75) is 19.8 Å². The Bertz CT molecular complexity index is 1130. The highest BCUT2D eigenvalue weighted by Crippen LogP contribution is 2.24. The van der Waals surface area contributed by atoms with E-state index in [0.717, 1.165) is 17.5 Å². The number of likely N-dealkylation sites (tertiary alicyclic amines) is 1. The van der Waals surface area contributed by atoms with Crippen molar-refractivity contribution in [3.63, 3.8) is 0 Å². The lowest BCUT2D eigenvalue weighted by atomic mass is 10.0. The van der Waals surface area contributed by atoms with Crippen molar-refractivity contribution in [1.82, 2.24) is 4.90 Å². The Labute approximate surface area is 193 Å². The maximum atomic E-state index is 13.5. The maximum absolute atomic E-state index is 13.5. The summed E-state index contributed by atoms with van der Waals surface area (Å²) in [6.07, 6.45) is 1.28. The van der Waals surface area contributed by atoms with Crippen LogP contribution in [0.1, 0.15) is 40.5 Å².